The van der Waals surface area contributed by atoms with Crippen molar-refractivity contribution in [3.8, 4) is 11.5 Å². The van der Waals surface area contributed by atoms with E-state index in [9.17, 15) is 19.2 Å². The third-order valence-corrected chi connectivity index (χ3v) is 7.74. The molecular weight excluding hydrogens is 550 g/mol. The Morgan fingerprint density at radius 3 is 2.42 bits per heavy atom. The molecule has 11 heteroatoms. The van der Waals surface area contributed by atoms with Gasteiger partial charge in [-0.15, -0.1) is 6.58 Å². The zero-order valence-corrected chi connectivity index (χ0v) is 23.5. The molecule has 2 aliphatic rings. The van der Waals surface area contributed by atoms with Crippen LogP contribution >= 0.6 is 0 Å². The summed E-state index contributed by atoms with van der Waals surface area (Å²) in [6, 6.07) is 20.0. The predicted octanol–water partition coefficient (Wildman–Crippen LogP) is 2.36. The highest BCUT2D eigenvalue weighted by Gasteiger charge is 2.24. The fourth-order valence-corrected chi connectivity index (χ4v) is 5.42. The maximum absolute atomic E-state index is 13.5. The number of para-hydroxylation sites is 1. The SMILES string of the molecule is C=CCn1c(=O)c2ccc(C(=O)NCc3ccc4c(c3)OCO4)cc2n(CC(=O)N2CCN(c3ccccc3)CC2)c1=O. The van der Waals surface area contributed by atoms with Gasteiger partial charge < -0.3 is 24.6 Å². The molecule has 0 radical (unpaired) electrons. The van der Waals surface area contributed by atoms with Gasteiger partial charge in [0.1, 0.15) is 6.54 Å². The van der Waals surface area contributed by atoms with Gasteiger partial charge in [-0.2, -0.15) is 0 Å². The average Bonchev–Trinajstić information content (AvgIpc) is 3.52. The largest absolute Gasteiger partial charge is 0.454 e. The smallest absolute Gasteiger partial charge is 0.332 e. The molecule has 3 aromatic carbocycles. The van der Waals surface area contributed by atoms with E-state index < -0.39 is 17.2 Å². The quantitative estimate of drug-likeness (QED) is 0.318. The van der Waals surface area contributed by atoms with Crippen molar-refractivity contribution < 1.29 is 19.1 Å². The fourth-order valence-electron chi connectivity index (χ4n) is 5.42. The molecule has 220 valence electrons. The maximum Gasteiger partial charge on any atom is 0.332 e. The van der Waals surface area contributed by atoms with Crippen molar-refractivity contribution in [1.29, 1.82) is 0 Å². The van der Waals surface area contributed by atoms with Gasteiger partial charge in [0.05, 0.1) is 10.9 Å². The molecule has 1 aromatic heterocycles. The summed E-state index contributed by atoms with van der Waals surface area (Å²) >= 11 is 0. The fraction of sp³-hybridized carbons (Fsp3) is 0.250. The first-order chi connectivity index (χ1) is 20.9. The van der Waals surface area contributed by atoms with Gasteiger partial charge in [-0.05, 0) is 48.0 Å². The van der Waals surface area contributed by atoms with Crippen LogP contribution in [0.15, 0.2) is 89.0 Å². The maximum atomic E-state index is 13.5. The standard InChI is InChI=1S/C32H31N5O6/c1-2-12-36-31(40)25-10-9-23(30(39)33-19-22-8-11-27-28(17-22)43-21-42-27)18-26(25)37(32(36)41)20-29(38)35-15-13-34(14-16-35)24-6-4-3-5-7-24/h2-11,17-18H,1,12-16,19-21H2,(H,33,39). The van der Waals surface area contributed by atoms with Crippen molar-refractivity contribution in [2.24, 2.45) is 0 Å². The second-order valence-electron chi connectivity index (χ2n) is 10.4. The highest BCUT2D eigenvalue weighted by Crippen LogP contribution is 2.32. The van der Waals surface area contributed by atoms with Gasteiger partial charge in [0, 0.05) is 50.5 Å². The minimum atomic E-state index is -0.633. The van der Waals surface area contributed by atoms with Crippen LogP contribution in [0.2, 0.25) is 0 Å². The number of carbonyl (C=O) groups is 2. The van der Waals surface area contributed by atoms with Crippen LogP contribution in [0, 0.1) is 0 Å². The third-order valence-electron chi connectivity index (χ3n) is 7.74. The molecule has 0 aliphatic carbocycles. The molecule has 3 heterocycles. The highest BCUT2D eigenvalue weighted by atomic mass is 16.7. The van der Waals surface area contributed by atoms with Gasteiger partial charge in [0.25, 0.3) is 11.5 Å². The van der Waals surface area contributed by atoms with Gasteiger partial charge in [-0.3, -0.25) is 23.5 Å². The number of amides is 2. The van der Waals surface area contributed by atoms with Crippen molar-refractivity contribution >= 4 is 28.4 Å². The number of rotatable bonds is 8. The first-order valence-electron chi connectivity index (χ1n) is 14.1. The molecule has 4 aromatic rings. The number of nitrogens with zero attached hydrogens (tertiary/aromatic N) is 4. The lowest BCUT2D eigenvalue weighted by molar-refractivity contribution is -0.132. The lowest BCUT2D eigenvalue weighted by atomic mass is 10.1. The number of hydrogen-bond acceptors (Lipinski definition) is 7. The third kappa shape index (κ3) is 5.61. The minimum absolute atomic E-state index is 0.00465. The van der Waals surface area contributed by atoms with Crippen LogP contribution in [0.3, 0.4) is 0 Å². The summed E-state index contributed by atoms with van der Waals surface area (Å²) in [4.78, 5) is 57.3. The zero-order chi connectivity index (χ0) is 29.9. The molecule has 1 fully saturated rings. The summed E-state index contributed by atoms with van der Waals surface area (Å²) in [7, 11) is 0. The number of allylic oxidation sites excluding steroid dienone is 1. The highest BCUT2D eigenvalue weighted by molar-refractivity contribution is 5.98. The van der Waals surface area contributed by atoms with Crippen molar-refractivity contribution in [2.75, 3.05) is 37.9 Å². The van der Waals surface area contributed by atoms with Crippen LogP contribution in [0.5, 0.6) is 11.5 Å². The number of hydrogen-bond donors (Lipinski definition) is 1. The van der Waals surface area contributed by atoms with E-state index in [2.05, 4.69) is 16.8 Å². The molecule has 0 atom stereocenters. The summed E-state index contributed by atoms with van der Waals surface area (Å²) in [5.74, 6) is 0.635. The first-order valence-corrected chi connectivity index (χ1v) is 14.1. The molecule has 6 rings (SSSR count). The van der Waals surface area contributed by atoms with Crippen molar-refractivity contribution in [3.05, 3.63) is 111 Å². The van der Waals surface area contributed by atoms with Crippen molar-refractivity contribution in [1.82, 2.24) is 19.4 Å². The topological polar surface area (TPSA) is 115 Å². The number of carbonyl (C=O) groups excluding carboxylic acids is 2. The van der Waals surface area contributed by atoms with Crippen molar-refractivity contribution in [3.63, 3.8) is 0 Å². The second-order valence-corrected chi connectivity index (χ2v) is 10.4. The number of anilines is 1. The number of piperazine rings is 1. The van der Waals surface area contributed by atoms with E-state index >= 15 is 0 Å². The lowest BCUT2D eigenvalue weighted by Gasteiger charge is -2.36. The summed E-state index contributed by atoms with van der Waals surface area (Å²) in [6.45, 7) is 6.10. The molecule has 0 spiro atoms. The Morgan fingerprint density at radius 1 is 0.884 bits per heavy atom. The molecule has 0 unspecified atom stereocenters. The van der Waals surface area contributed by atoms with Gasteiger partial charge in [-0.1, -0.05) is 30.3 Å². The Balaban J connectivity index is 1.24. The minimum Gasteiger partial charge on any atom is -0.454 e. The summed E-state index contributed by atoms with van der Waals surface area (Å²) in [5, 5.41) is 3.09. The summed E-state index contributed by atoms with van der Waals surface area (Å²) in [5.41, 5.74) is 1.26. The molecule has 1 N–H and O–H groups in total. The lowest BCUT2D eigenvalue weighted by Crippen LogP contribution is -2.50. The van der Waals surface area contributed by atoms with E-state index in [4.69, 9.17) is 9.47 Å². The molecule has 0 bridgehead atoms. The number of fused-ring (bicyclic) bond motifs is 2. The number of benzene rings is 3. The molecule has 11 nitrogen and oxygen atoms in total. The summed E-state index contributed by atoms with van der Waals surface area (Å²) < 4.78 is 13.1. The van der Waals surface area contributed by atoms with Crippen molar-refractivity contribution in [2.45, 2.75) is 19.6 Å². The van der Waals surface area contributed by atoms with E-state index in [1.165, 1.54) is 28.8 Å². The Morgan fingerprint density at radius 2 is 1.65 bits per heavy atom. The van der Waals surface area contributed by atoms with Crippen LogP contribution in [0.1, 0.15) is 15.9 Å². The molecule has 1 saturated heterocycles. The van der Waals surface area contributed by atoms with Gasteiger partial charge in [-0.25, -0.2) is 4.79 Å². The normalized spacial score (nSPS) is 14.1. The van der Waals surface area contributed by atoms with Gasteiger partial charge >= 0.3 is 5.69 Å². The van der Waals surface area contributed by atoms with E-state index in [-0.39, 0.29) is 48.8 Å². The first kappa shape index (κ1) is 27.8. The average molecular weight is 582 g/mol. The van der Waals surface area contributed by atoms with E-state index in [1.54, 1.807) is 17.0 Å². The molecule has 0 saturated carbocycles. The number of nitrogens with one attached hydrogen (secondary N) is 1. The van der Waals surface area contributed by atoms with E-state index in [1.807, 2.05) is 36.4 Å². The van der Waals surface area contributed by atoms with Crippen LogP contribution < -0.4 is 30.9 Å². The van der Waals surface area contributed by atoms with E-state index in [0.717, 1.165) is 15.8 Å². The summed E-state index contributed by atoms with van der Waals surface area (Å²) in [6.07, 6.45) is 1.46. The number of ether oxygens (including phenoxy) is 2. The Hall–Kier alpha value is -5.32. The molecular formula is C32H31N5O6. The monoisotopic (exact) mass is 581 g/mol. The van der Waals surface area contributed by atoms with Gasteiger partial charge in [0.2, 0.25) is 12.7 Å². The number of aromatic nitrogens is 2. The van der Waals surface area contributed by atoms with E-state index in [0.29, 0.717) is 37.7 Å². The predicted molar refractivity (Wildman–Crippen MR) is 162 cm³/mol. The Bertz CT molecular complexity index is 1820. The second kappa shape index (κ2) is 11.9. The van der Waals surface area contributed by atoms with Crippen LogP contribution in [-0.2, 0) is 24.4 Å². The van der Waals surface area contributed by atoms with Crippen LogP contribution in [-0.4, -0.2) is 58.8 Å². The zero-order valence-electron chi connectivity index (χ0n) is 23.5. The molecule has 2 aliphatic heterocycles. The van der Waals surface area contributed by atoms with Gasteiger partial charge in [0.15, 0.2) is 11.5 Å². The molecule has 43 heavy (non-hydrogen) atoms. The Labute approximate surface area is 247 Å². The van der Waals surface area contributed by atoms with Crippen LogP contribution in [0.4, 0.5) is 5.69 Å². The Kier molecular flexibility index (Phi) is 7.69. The van der Waals surface area contributed by atoms with Crippen LogP contribution in [0.25, 0.3) is 10.9 Å². The molecule has 2 amide bonds.